The summed E-state index contributed by atoms with van der Waals surface area (Å²) in [5.41, 5.74) is 3.84. The first kappa shape index (κ1) is 23.3. The molecule has 10 heteroatoms. The summed E-state index contributed by atoms with van der Waals surface area (Å²) in [6.07, 6.45) is 2.45. The minimum absolute atomic E-state index is 0.249. The molecule has 1 unspecified atom stereocenters. The fraction of sp³-hybridized carbons (Fsp3) is 0.545. The van der Waals surface area contributed by atoms with Crippen LogP contribution in [0.4, 0.5) is 0 Å². The van der Waals surface area contributed by atoms with Gasteiger partial charge in [-0.15, -0.1) is 0 Å². The lowest BCUT2D eigenvalue weighted by atomic mass is 10.2. The van der Waals surface area contributed by atoms with Gasteiger partial charge in [0.1, 0.15) is 5.82 Å². The largest absolute Gasteiger partial charge is 0.376 e. The van der Waals surface area contributed by atoms with Crippen LogP contribution in [0.1, 0.15) is 37.0 Å². The summed E-state index contributed by atoms with van der Waals surface area (Å²) in [7, 11) is -0.426. The van der Waals surface area contributed by atoms with E-state index in [1.807, 2.05) is 13.0 Å². The van der Waals surface area contributed by atoms with Gasteiger partial charge in [-0.25, -0.2) is 22.7 Å². The molecule has 1 saturated heterocycles. The standard InChI is InChI=1S/C22H31N5O3S2/c1-6-26-20-10-9-18(32(28,29)25(4)5)12-19(20)24-21(26)14-31-22-23-15(2)16(3)27(22)13-17-8-7-11-30-17/h9-10,12,17H,6-8,11,13-14H2,1-5H3. The highest BCUT2D eigenvalue weighted by molar-refractivity contribution is 7.98. The average Bonchev–Trinajstić information content (AvgIpc) is 3.46. The molecule has 1 aromatic carbocycles. The first-order valence-electron chi connectivity index (χ1n) is 10.9. The van der Waals surface area contributed by atoms with Crippen LogP contribution >= 0.6 is 11.8 Å². The van der Waals surface area contributed by atoms with Crippen LogP contribution in [0.2, 0.25) is 0 Å². The lowest BCUT2D eigenvalue weighted by Crippen LogP contribution is -2.22. The maximum atomic E-state index is 12.5. The Balaban J connectivity index is 1.61. The van der Waals surface area contributed by atoms with Crippen molar-refractivity contribution in [3.63, 3.8) is 0 Å². The van der Waals surface area contributed by atoms with E-state index in [2.05, 4.69) is 23.0 Å². The van der Waals surface area contributed by atoms with Gasteiger partial charge in [0.15, 0.2) is 5.16 Å². The lowest BCUT2D eigenvalue weighted by Gasteiger charge is -2.14. The van der Waals surface area contributed by atoms with Crippen molar-refractivity contribution in [2.24, 2.45) is 0 Å². The molecule has 0 amide bonds. The van der Waals surface area contributed by atoms with E-state index in [1.54, 1.807) is 23.9 Å². The van der Waals surface area contributed by atoms with Crippen LogP contribution in [0.3, 0.4) is 0 Å². The van der Waals surface area contributed by atoms with Crippen molar-refractivity contribution in [3.05, 3.63) is 35.4 Å². The van der Waals surface area contributed by atoms with Gasteiger partial charge in [0.05, 0.1) is 40.0 Å². The summed E-state index contributed by atoms with van der Waals surface area (Å²) in [5, 5.41) is 0.973. The van der Waals surface area contributed by atoms with Crippen LogP contribution in [0.5, 0.6) is 0 Å². The third-order valence-corrected chi connectivity index (χ3v) is 8.84. The predicted octanol–water partition coefficient (Wildman–Crippen LogP) is 3.59. The molecule has 1 fully saturated rings. The highest BCUT2D eigenvalue weighted by atomic mass is 32.2. The number of nitrogens with zero attached hydrogens (tertiary/aromatic N) is 5. The molecule has 0 radical (unpaired) electrons. The van der Waals surface area contributed by atoms with Crippen molar-refractivity contribution in [3.8, 4) is 0 Å². The number of rotatable bonds is 8. The monoisotopic (exact) mass is 477 g/mol. The number of hydrogen-bond donors (Lipinski definition) is 0. The van der Waals surface area contributed by atoms with E-state index in [-0.39, 0.29) is 11.0 Å². The molecular formula is C22H31N5O3S2. The second kappa shape index (κ2) is 9.17. The Labute approximate surface area is 194 Å². The molecule has 174 valence electrons. The second-order valence-corrected chi connectivity index (χ2v) is 11.4. The van der Waals surface area contributed by atoms with Crippen molar-refractivity contribution in [1.82, 2.24) is 23.4 Å². The normalized spacial score (nSPS) is 17.1. The zero-order valence-corrected chi connectivity index (χ0v) is 21.0. The first-order valence-corrected chi connectivity index (χ1v) is 13.3. The number of benzene rings is 1. The zero-order chi connectivity index (χ0) is 23.0. The van der Waals surface area contributed by atoms with Crippen LogP contribution in [-0.2, 0) is 33.6 Å². The topological polar surface area (TPSA) is 82.2 Å². The quantitative estimate of drug-likeness (QED) is 0.461. The van der Waals surface area contributed by atoms with Crippen LogP contribution in [0, 0.1) is 13.8 Å². The Kier molecular flexibility index (Phi) is 6.67. The van der Waals surface area contributed by atoms with E-state index < -0.39 is 10.0 Å². The van der Waals surface area contributed by atoms with E-state index >= 15 is 0 Å². The molecule has 3 aromatic rings. The van der Waals surface area contributed by atoms with Crippen molar-refractivity contribution < 1.29 is 13.2 Å². The molecular weight excluding hydrogens is 446 g/mol. The van der Waals surface area contributed by atoms with Gasteiger partial charge in [-0.2, -0.15) is 0 Å². The summed E-state index contributed by atoms with van der Waals surface area (Å²) in [4.78, 5) is 9.84. The van der Waals surface area contributed by atoms with Gasteiger partial charge in [-0.3, -0.25) is 0 Å². The molecule has 32 heavy (non-hydrogen) atoms. The minimum Gasteiger partial charge on any atom is -0.376 e. The van der Waals surface area contributed by atoms with E-state index in [0.717, 1.165) is 54.7 Å². The maximum Gasteiger partial charge on any atom is 0.242 e. The number of sulfonamides is 1. The van der Waals surface area contributed by atoms with Gasteiger partial charge in [0.25, 0.3) is 0 Å². The summed E-state index contributed by atoms with van der Waals surface area (Å²) in [6, 6.07) is 5.17. The van der Waals surface area contributed by atoms with E-state index in [0.29, 0.717) is 11.3 Å². The van der Waals surface area contributed by atoms with E-state index in [9.17, 15) is 8.42 Å². The number of aromatic nitrogens is 4. The molecule has 4 rings (SSSR count). The van der Waals surface area contributed by atoms with Crippen LogP contribution in [0.15, 0.2) is 28.3 Å². The molecule has 1 aliphatic rings. The van der Waals surface area contributed by atoms with Crippen molar-refractivity contribution >= 4 is 32.8 Å². The Morgan fingerprint density at radius 3 is 2.66 bits per heavy atom. The smallest absolute Gasteiger partial charge is 0.242 e. The molecule has 1 atom stereocenters. The molecule has 2 aromatic heterocycles. The Morgan fingerprint density at radius 2 is 2.00 bits per heavy atom. The number of aryl methyl sites for hydroxylation is 2. The maximum absolute atomic E-state index is 12.5. The minimum atomic E-state index is -3.50. The van der Waals surface area contributed by atoms with Crippen molar-refractivity contribution in [2.75, 3.05) is 20.7 Å². The molecule has 0 saturated carbocycles. The van der Waals surface area contributed by atoms with Crippen LogP contribution < -0.4 is 0 Å². The fourth-order valence-corrected chi connectivity index (χ4v) is 6.03. The Bertz CT molecular complexity index is 1220. The number of imidazole rings is 2. The summed E-state index contributed by atoms with van der Waals surface area (Å²) in [5.74, 6) is 1.56. The number of ether oxygens (including phenoxy) is 1. The highest BCUT2D eigenvalue weighted by Crippen LogP contribution is 2.29. The summed E-state index contributed by atoms with van der Waals surface area (Å²) >= 11 is 1.66. The lowest BCUT2D eigenvalue weighted by molar-refractivity contribution is 0.0945. The van der Waals surface area contributed by atoms with Crippen LogP contribution in [0.25, 0.3) is 11.0 Å². The molecule has 0 spiro atoms. The number of fused-ring (bicyclic) bond motifs is 1. The summed E-state index contributed by atoms with van der Waals surface area (Å²) in [6.45, 7) is 8.65. The average molecular weight is 478 g/mol. The molecule has 1 aliphatic heterocycles. The van der Waals surface area contributed by atoms with Gasteiger partial charge in [0, 0.05) is 32.9 Å². The molecule has 0 bridgehead atoms. The third-order valence-electron chi connectivity index (χ3n) is 6.06. The van der Waals surface area contributed by atoms with Gasteiger partial charge < -0.3 is 13.9 Å². The van der Waals surface area contributed by atoms with E-state index in [1.165, 1.54) is 24.1 Å². The third kappa shape index (κ3) is 4.33. The predicted molar refractivity (Wildman–Crippen MR) is 127 cm³/mol. The Morgan fingerprint density at radius 1 is 1.22 bits per heavy atom. The Hall–Kier alpha value is -1.88. The molecule has 0 aliphatic carbocycles. The first-order chi connectivity index (χ1) is 15.2. The van der Waals surface area contributed by atoms with Crippen LogP contribution in [-0.4, -0.2) is 58.6 Å². The molecule has 8 nitrogen and oxygen atoms in total. The van der Waals surface area contributed by atoms with Gasteiger partial charge in [-0.1, -0.05) is 11.8 Å². The number of thioether (sulfide) groups is 1. The second-order valence-electron chi connectivity index (χ2n) is 8.31. The summed E-state index contributed by atoms with van der Waals surface area (Å²) < 4.78 is 36.5. The van der Waals surface area contributed by atoms with Gasteiger partial charge >= 0.3 is 0 Å². The van der Waals surface area contributed by atoms with Crippen molar-refractivity contribution in [1.29, 1.82) is 0 Å². The zero-order valence-electron chi connectivity index (χ0n) is 19.3. The highest BCUT2D eigenvalue weighted by Gasteiger charge is 2.22. The van der Waals surface area contributed by atoms with Gasteiger partial charge in [-0.05, 0) is 51.8 Å². The van der Waals surface area contributed by atoms with Gasteiger partial charge in [0.2, 0.25) is 10.0 Å². The van der Waals surface area contributed by atoms with E-state index in [4.69, 9.17) is 14.7 Å². The molecule has 3 heterocycles. The number of hydrogen-bond acceptors (Lipinski definition) is 6. The fourth-order valence-electron chi connectivity index (χ4n) is 4.06. The SMILES string of the molecule is CCn1c(CSc2nc(C)c(C)n2CC2CCCO2)nc2cc(S(=O)(=O)N(C)C)ccc21. The molecule has 0 N–H and O–H groups in total. The van der Waals surface area contributed by atoms with Crippen molar-refractivity contribution in [2.45, 2.75) is 68.6 Å².